The van der Waals surface area contributed by atoms with E-state index in [1.165, 1.54) is 6.07 Å². The molecule has 0 aliphatic carbocycles. The average molecular weight is 246 g/mol. The monoisotopic (exact) mass is 246 g/mol. The molecule has 0 aliphatic heterocycles. The van der Waals surface area contributed by atoms with Crippen LogP contribution in [0.3, 0.4) is 0 Å². The van der Waals surface area contributed by atoms with E-state index in [1.807, 2.05) is 13.8 Å². The first-order valence-electron chi connectivity index (χ1n) is 5.50. The van der Waals surface area contributed by atoms with Gasteiger partial charge >= 0.3 is 0 Å². The Hall–Kier alpha value is -2.15. The van der Waals surface area contributed by atoms with Gasteiger partial charge in [0.05, 0.1) is 11.3 Å². The fourth-order valence-corrected chi connectivity index (χ4v) is 1.98. The van der Waals surface area contributed by atoms with Crippen LogP contribution in [-0.4, -0.2) is 4.98 Å². The second-order valence-electron chi connectivity index (χ2n) is 4.38. The molecule has 1 aromatic carbocycles. The Bertz CT molecular complexity index is 670. The molecule has 0 radical (unpaired) electrons. The van der Waals surface area contributed by atoms with Gasteiger partial charge in [0.1, 0.15) is 5.82 Å². The SMILES string of the molecule is C#Cc1c(F)c(F)cc2cc(N)nc(C(C)C)c12. The van der Waals surface area contributed by atoms with Gasteiger partial charge in [0.2, 0.25) is 0 Å². The zero-order chi connectivity index (χ0) is 13.4. The number of fused-ring (bicyclic) bond motifs is 1. The first-order chi connectivity index (χ1) is 8.45. The fraction of sp³-hybridized carbons (Fsp3) is 0.214. The van der Waals surface area contributed by atoms with Crippen molar-refractivity contribution in [1.29, 1.82) is 0 Å². The summed E-state index contributed by atoms with van der Waals surface area (Å²) >= 11 is 0. The fourth-order valence-electron chi connectivity index (χ4n) is 1.98. The third kappa shape index (κ3) is 1.78. The normalized spacial score (nSPS) is 10.9. The molecule has 2 aromatic rings. The standard InChI is InChI=1S/C14H12F2N2/c1-4-9-12-8(5-10(15)13(9)16)6-11(17)18-14(12)7(2)3/h1,5-7H,2-3H3,(H2,17,18). The van der Waals surface area contributed by atoms with Crippen LogP contribution in [0, 0.1) is 24.0 Å². The van der Waals surface area contributed by atoms with Crippen LogP contribution in [0.5, 0.6) is 0 Å². The molecule has 0 atom stereocenters. The smallest absolute Gasteiger partial charge is 0.175 e. The lowest BCUT2D eigenvalue weighted by atomic mass is 9.97. The number of pyridine rings is 1. The topological polar surface area (TPSA) is 38.9 Å². The number of anilines is 1. The highest BCUT2D eigenvalue weighted by Gasteiger charge is 2.18. The molecule has 0 spiro atoms. The maximum atomic E-state index is 13.7. The molecule has 1 heterocycles. The number of hydrogen-bond acceptors (Lipinski definition) is 2. The number of nitrogen functional groups attached to an aromatic ring is 1. The first kappa shape index (κ1) is 12.3. The number of benzene rings is 1. The molecule has 4 heteroatoms. The van der Waals surface area contributed by atoms with Crippen molar-refractivity contribution in [2.24, 2.45) is 0 Å². The predicted molar refractivity (Wildman–Crippen MR) is 68.1 cm³/mol. The number of rotatable bonds is 1. The van der Waals surface area contributed by atoms with Crippen LogP contribution in [0.15, 0.2) is 12.1 Å². The molecule has 0 amide bonds. The first-order valence-corrected chi connectivity index (χ1v) is 5.50. The van der Waals surface area contributed by atoms with Crippen molar-refractivity contribution in [3.8, 4) is 12.3 Å². The van der Waals surface area contributed by atoms with Crippen LogP contribution in [0.4, 0.5) is 14.6 Å². The molecule has 0 saturated carbocycles. The van der Waals surface area contributed by atoms with Crippen LogP contribution >= 0.6 is 0 Å². The molecule has 92 valence electrons. The van der Waals surface area contributed by atoms with Gasteiger partial charge in [-0.3, -0.25) is 0 Å². The Balaban J connectivity index is 3.03. The second-order valence-corrected chi connectivity index (χ2v) is 4.38. The Morgan fingerprint density at radius 1 is 1.33 bits per heavy atom. The molecule has 2 rings (SSSR count). The van der Waals surface area contributed by atoms with Crippen molar-refractivity contribution < 1.29 is 8.78 Å². The quantitative estimate of drug-likeness (QED) is 0.785. The molecule has 0 unspecified atom stereocenters. The molecule has 2 N–H and O–H groups in total. The van der Waals surface area contributed by atoms with Gasteiger partial charge in [-0.1, -0.05) is 19.8 Å². The molecule has 0 saturated heterocycles. The lowest BCUT2D eigenvalue weighted by Crippen LogP contribution is -2.03. The largest absolute Gasteiger partial charge is 0.384 e. The van der Waals surface area contributed by atoms with Crippen LogP contribution < -0.4 is 5.73 Å². The summed E-state index contributed by atoms with van der Waals surface area (Å²) in [7, 11) is 0. The Morgan fingerprint density at radius 3 is 2.56 bits per heavy atom. The molecule has 18 heavy (non-hydrogen) atoms. The number of halogens is 2. The number of nitrogens with two attached hydrogens (primary N) is 1. The van der Waals surface area contributed by atoms with Crippen LogP contribution in [0.2, 0.25) is 0 Å². The summed E-state index contributed by atoms with van der Waals surface area (Å²) in [5, 5.41) is 0.929. The van der Waals surface area contributed by atoms with Crippen molar-refractivity contribution in [3.63, 3.8) is 0 Å². The summed E-state index contributed by atoms with van der Waals surface area (Å²) in [6, 6.07) is 2.58. The average Bonchev–Trinajstić information content (AvgIpc) is 2.30. The van der Waals surface area contributed by atoms with Gasteiger partial charge in [-0.25, -0.2) is 13.8 Å². The summed E-state index contributed by atoms with van der Waals surface area (Å²) in [5.74, 6) is 0.478. The molecule has 0 aliphatic rings. The lowest BCUT2D eigenvalue weighted by Gasteiger charge is -2.13. The van der Waals surface area contributed by atoms with E-state index in [9.17, 15) is 8.78 Å². The summed E-state index contributed by atoms with van der Waals surface area (Å²) in [6.45, 7) is 3.78. The van der Waals surface area contributed by atoms with Crippen molar-refractivity contribution >= 4 is 16.6 Å². The van der Waals surface area contributed by atoms with Gasteiger partial charge in [0.25, 0.3) is 0 Å². The molecular weight excluding hydrogens is 234 g/mol. The van der Waals surface area contributed by atoms with E-state index in [2.05, 4.69) is 10.9 Å². The van der Waals surface area contributed by atoms with E-state index >= 15 is 0 Å². The number of aromatic nitrogens is 1. The molecule has 1 aromatic heterocycles. The predicted octanol–water partition coefficient (Wildman–Crippen LogP) is 3.20. The highest BCUT2D eigenvalue weighted by Crippen LogP contribution is 2.31. The minimum absolute atomic E-state index is 0.00737. The third-order valence-corrected chi connectivity index (χ3v) is 2.75. The summed E-state index contributed by atoms with van der Waals surface area (Å²) in [5.41, 5.74) is 6.15. The van der Waals surface area contributed by atoms with Gasteiger partial charge in [0.15, 0.2) is 11.6 Å². The molecular formula is C14H12F2N2. The van der Waals surface area contributed by atoms with Crippen LogP contribution in [0.1, 0.15) is 31.0 Å². The van der Waals surface area contributed by atoms with Crippen molar-refractivity contribution in [1.82, 2.24) is 4.98 Å². The highest BCUT2D eigenvalue weighted by molar-refractivity contribution is 5.92. The maximum Gasteiger partial charge on any atom is 0.175 e. The minimum atomic E-state index is -1.02. The third-order valence-electron chi connectivity index (χ3n) is 2.75. The van der Waals surface area contributed by atoms with Gasteiger partial charge in [-0.05, 0) is 23.4 Å². The van der Waals surface area contributed by atoms with E-state index in [0.29, 0.717) is 16.5 Å². The van der Waals surface area contributed by atoms with E-state index in [1.54, 1.807) is 0 Å². The zero-order valence-electron chi connectivity index (χ0n) is 10.1. The van der Waals surface area contributed by atoms with Crippen LogP contribution in [-0.2, 0) is 0 Å². The zero-order valence-corrected chi connectivity index (χ0v) is 10.1. The van der Waals surface area contributed by atoms with E-state index in [4.69, 9.17) is 12.2 Å². The summed E-state index contributed by atoms with van der Waals surface area (Å²) in [6.07, 6.45) is 5.28. The summed E-state index contributed by atoms with van der Waals surface area (Å²) in [4.78, 5) is 4.17. The molecule has 0 bridgehead atoms. The molecule has 2 nitrogen and oxygen atoms in total. The van der Waals surface area contributed by atoms with Crippen molar-refractivity contribution in [2.75, 3.05) is 5.73 Å². The number of hydrogen-bond donors (Lipinski definition) is 1. The lowest BCUT2D eigenvalue weighted by molar-refractivity contribution is 0.509. The van der Waals surface area contributed by atoms with E-state index in [0.717, 1.165) is 6.07 Å². The summed E-state index contributed by atoms with van der Waals surface area (Å²) < 4.78 is 27.1. The maximum absolute atomic E-state index is 13.7. The number of nitrogens with zero attached hydrogens (tertiary/aromatic N) is 1. The molecule has 0 fully saturated rings. The highest BCUT2D eigenvalue weighted by atomic mass is 19.2. The van der Waals surface area contributed by atoms with Crippen molar-refractivity contribution in [2.45, 2.75) is 19.8 Å². The Labute approximate surface area is 104 Å². The van der Waals surface area contributed by atoms with Crippen molar-refractivity contribution in [3.05, 3.63) is 35.0 Å². The second kappa shape index (κ2) is 4.26. The van der Waals surface area contributed by atoms with Gasteiger partial charge in [0, 0.05) is 5.39 Å². The van der Waals surface area contributed by atoms with Gasteiger partial charge in [-0.15, -0.1) is 6.42 Å². The Kier molecular flexibility index (Phi) is 2.92. The van der Waals surface area contributed by atoms with Gasteiger partial charge in [-0.2, -0.15) is 0 Å². The Morgan fingerprint density at radius 2 is 2.00 bits per heavy atom. The van der Waals surface area contributed by atoms with Gasteiger partial charge < -0.3 is 5.73 Å². The van der Waals surface area contributed by atoms with E-state index < -0.39 is 11.6 Å². The van der Waals surface area contributed by atoms with E-state index in [-0.39, 0.29) is 17.3 Å². The minimum Gasteiger partial charge on any atom is -0.384 e. The van der Waals surface area contributed by atoms with Crippen LogP contribution in [0.25, 0.3) is 10.8 Å². The number of terminal acetylenes is 1.